The quantitative estimate of drug-likeness (QED) is 0.0867. The van der Waals surface area contributed by atoms with Gasteiger partial charge in [0, 0.05) is 6.92 Å². The Hall–Kier alpha value is -1.94. The van der Waals surface area contributed by atoms with Gasteiger partial charge >= 0.3 is 5.97 Å². The predicted octanol–water partition coefficient (Wildman–Crippen LogP) is -9.63. The molecule has 25 atom stereocenters. The van der Waals surface area contributed by atoms with Crippen LogP contribution in [0, 0.1) is 0 Å². The van der Waals surface area contributed by atoms with Crippen molar-refractivity contribution in [2.75, 3.05) is 13.2 Å². The zero-order valence-corrected chi connectivity index (χ0v) is 31.1. The molecule has 5 heterocycles. The third-order valence-electron chi connectivity index (χ3n) is 10.6. The molecule has 5 aliphatic rings. The lowest BCUT2D eigenvalue weighted by Gasteiger charge is -2.51. The second-order valence-corrected chi connectivity index (χ2v) is 14.7. The fourth-order valence-electron chi connectivity index (χ4n) is 7.27. The highest BCUT2D eigenvalue weighted by molar-refractivity contribution is 5.73. The summed E-state index contributed by atoms with van der Waals surface area (Å²) < 4.78 is 51.0. The molecular formula is C32H53NO25. The van der Waals surface area contributed by atoms with Crippen molar-refractivity contribution in [3.8, 4) is 0 Å². The van der Waals surface area contributed by atoms with Crippen molar-refractivity contribution in [1.82, 2.24) is 5.32 Å². The highest BCUT2D eigenvalue weighted by Gasteiger charge is 2.57. The van der Waals surface area contributed by atoms with Crippen LogP contribution in [-0.4, -0.2) is 250 Å². The van der Waals surface area contributed by atoms with E-state index in [0.29, 0.717) is 0 Å². The summed E-state index contributed by atoms with van der Waals surface area (Å²) in [5.74, 6) is -2.56. The minimum atomic E-state index is -2.18. The maximum absolute atomic E-state index is 12.4. The molecule has 0 saturated carbocycles. The van der Waals surface area contributed by atoms with Crippen LogP contribution in [0.3, 0.4) is 0 Å². The predicted molar refractivity (Wildman–Crippen MR) is 176 cm³/mol. The number of rotatable bonds is 12. The molecule has 5 aliphatic heterocycles. The average molecular weight is 852 g/mol. The number of carbonyl (C=O) groups excluding carboxylic acids is 1. The maximum atomic E-state index is 12.4. The molecule has 26 nitrogen and oxygen atoms in total. The Balaban J connectivity index is 1.49. The van der Waals surface area contributed by atoms with Crippen LogP contribution in [0.25, 0.3) is 0 Å². The van der Waals surface area contributed by atoms with E-state index in [4.69, 9.17) is 42.6 Å². The van der Waals surface area contributed by atoms with Crippen molar-refractivity contribution in [1.29, 1.82) is 0 Å². The van der Waals surface area contributed by atoms with E-state index in [1.165, 1.54) is 13.8 Å². The number of hydrogen-bond donors (Lipinski definition) is 15. The largest absolute Gasteiger partial charge is 0.479 e. The average Bonchev–Trinajstić information content (AvgIpc) is 3.17. The number of nitrogens with one attached hydrogen (secondary N) is 1. The summed E-state index contributed by atoms with van der Waals surface area (Å²) in [5, 5.41) is 150. The van der Waals surface area contributed by atoms with Gasteiger partial charge in [-0.15, -0.1) is 0 Å². The van der Waals surface area contributed by atoms with Gasteiger partial charge in [-0.2, -0.15) is 0 Å². The van der Waals surface area contributed by atoms with Gasteiger partial charge in [-0.3, -0.25) is 4.79 Å². The minimum Gasteiger partial charge on any atom is -0.479 e. The lowest BCUT2D eigenvalue weighted by molar-refractivity contribution is -0.402. The minimum absolute atomic E-state index is 0.773. The normalized spacial score (nSPS) is 51.6. The molecule has 26 heteroatoms. The van der Waals surface area contributed by atoms with Crippen molar-refractivity contribution in [3.63, 3.8) is 0 Å². The molecule has 0 bridgehead atoms. The first-order valence-electron chi connectivity index (χ1n) is 18.3. The number of carbonyl (C=O) groups is 2. The standard InChI is InChI=1S/C32H53NO25/c1-6-12(37)23(21(46)28(49)50-6)55-29-11(33-8(3)36)15(40)22(10(5-35)53-29)54-32-26(58-30-19(44)16(41)14(39)9(4-34)52-30)24(13(38)7(2)51-32)56-31-20(45)17(42)18(43)25(57-31)27(47)48/h6-7,9-26,28-32,34-35,37-46,49H,4-5H2,1-3H3,(H,33,36)(H,47,48)/t6-,7-,9+,10+,11+,12-,13-,14+,15+,16-,17-,18-,19+,20+,21+,22+,23+,24+,25-,26+,28+,29-,30+,31+,32+/m0/s1. The van der Waals surface area contributed by atoms with Crippen LogP contribution in [0.15, 0.2) is 0 Å². The topological polar surface area (TPSA) is 412 Å². The number of carboxylic acids is 1. The zero-order valence-electron chi connectivity index (χ0n) is 31.1. The summed E-state index contributed by atoms with van der Waals surface area (Å²) in [7, 11) is 0. The van der Waals surface area contributed by atoms with Crippen LogP contribution in [0.2, 0.25) is 0 Å². The summed E-state index contributed by atoms with van der Waals surface area (Å²) in [6.07, 6.45) is -44.8. The van der Waals surface area contributed by atoms with E-state index < -0.39 is 179 Å². The summed E-state index contributed by atoms with van der Waals surface area (Å²) in [6.45, 7) is 1.78. The molecule has 0 unspecified atom stereocenters. The second kappa shape index (κ2) is 19.4. The van der Waals surface area contributed by atoms with Crippen molar-refractivity contribution >= 4 is 11.9 Å². The van der Waals surface area contributed by atoms with Gasteiger partial charge in [0.2, 0.25) is 5.91 Å². The van der Waals surface area contributed by atoms with Gasteiger partial charge < -0.3 is 119 Å². The van der Waals surface area contributed by atoms with E-state index in [1.807, 2.05) is 0 Å². The third-order valence-corrected chi connectivity index (χ3v) is 10.6. The van der Waals surface area contributed by atoms with Gasteiger partial charge in [-0.25, -0.2) is 4.79 Å². The number of amides is 1. The fourth-order valence-corrected chi connectivity index (χ4v) is 7.27. The number of hydrogen-bond acceptors (Lipinski definition) is 24. The SMILES string of the molecule is CC(=O)N[C@H]1[C@H](O[C@@H]2[C@@H](O)[C@H](C)O[C@@H](O)[C@@H]2O)O[C@H](CO)[C@@H](O[C@H]2O[C@@H](C)[C@H](O)[C@@H](O[C@@H]3O[C@H](C(=O)O)[C@@H](O)[C@H](O)[C@H]3O)[C@H]2O[C@H]2O[C@H](CO)[C@@H](O)[C@H](O)[C@H]2O)[C@@H]1O. The first kappa shape index (κ1) is 47.1. The van der Waals surface area contributed by atoms with Gasteiger partial charge in [0.05, 0.1) is 25.4 Å². The van der Waals surface area contributed by atoms with Crippen LogP contribution >= 0.6 is 0 Å². The summed E-state index contributed by atoms with van der Waals surface area (Å²) in [4.78, 5) is 24.2. The van der Waals surface area contributed by atoms with Crippen LogP contribution in [0.4, 0.5) is 0 Å². The Morgan fingerprint density at radius 2 is 1.00 bits per heavy atom. The number of ether oxygens (including phenoxy) is 9. The molecule has 0 radical (unpaired) electrons. The maximum Gasteiger partial charge on any atom is 0.335 e. The smallest absolute Gasteiger partial charge is 0.335 e. The molecule has 5 saturated heterocycles. The fraction of sp³-hybridized carbons (Fsp3) is 0.938. The zero-order chi connectivity index (χ0) is 43.1. The lowest BCUT2D eigenvalue weighted by Crippen LogP contribution is -2.70. The molecule has 0 aromatic rings. The Morgan fingerprint density at radius 3 is 1.59 bits per heavy atom. The van der Waals surface area contributed by atoms with Crippen molar-refractivity contribution < 1.29 is 124 Å². The molecule has 0 aliphatic carbocycles. The van der Waals surface area contributed by atoms with E-state index in [9.17, 15) is 81.1 Å². The Bertz CT molecular complexity index is 1350. The number of aliphatic hydroxyl groups excluding tert-OH is 13. The first-order chi connectivity index (χ1) is 27.2. The summed E-state index contributed by atoms with van der Waals surface area (Å²) >= 11 is 0. The van der Waals surface area contributed by atoms with Crippen LogP contribution in [0.5, 0.6) is 0 Å². The van der Waals surface area contributed by atoms with E-state index in [1.54, 1.807) is 0 Å². The van der Waals surface area contributed by atoms with E-state index in [2.05, 4.69) is 5.32 Å². The van der Waals surface area contributed by atoms with Gasteiger partial charge in [0.15, 0.2) is 37.6 Å². The van der Waals surface area contributed by atoms with Gasteiger partial charge in [-0.1, -0.05) is 0 Å². The first-order valence-corrected chi connectivity index (χ1v) is 18.3. The van der Waals surface area contributed by atoms with Gasteiger partial charge in [0.25, 0.3) is 0 Å². The van der Waals surface area contributed by atoms with Gasteiger partial charge in [-0.05, 0) is 13.8 Å². The molecule has 0 spiro atoms. The Labute approximate surface area is 328 Å². The van der Waals surface area contributed by atoms with Crippen molar-refractivity contribution in [2.24, 2.45) is 0 Å². The van der Waals surface area contributed by atoms with E-state index in [0.717, 1.165) is 6.92 Å². The highest BCUT2D eigenvalue weighted by Crippen LogP contribution is 2.37. The molecule has 5 fully saturated rings. The van der Waals surface area contributed by atoms with Crippen molar-refractivity contribution in [3.05, 3.63) is 0 Å². The number of carboxylic acid groups (broad SMARTS) is 1. The molecule has 0 aromatic carbocycles. The molecule has 1 amide bonds. The van der Waals surface area contributed by atoms with Gasteiger partial charge in [0.1, 0.15) is 104 Å². The molecule has 336 valence electrons. The number of aliphatic hydroxyl groups is 13. The second-order valence-electron chi connectivity index (χ2n) is 14.7. The molecule has 5 rings (SSSR count). The molecule has 58 heavy (non-hydrogen) atoms. The summed E-state index contributed by atoms with van der Waals surface area (Å²) in [6, 6.07) is -1.64. The van der Waals surface area contributed by atoms with E-state index >= 15 is 0 Å². The molecule has 15 N–H and O–H groups in total. The Kier molecular flexibility index (Phi) is 15.8. The van der Waals surface area contributed by atoms with Crippen molar-refractivity contribution in [2.45, 2.75) is 174 Å². The number of aliphatic carboxylic acids is 1. The third kappa shape index (κ3) is 9.58. The van der Waals surface area contributed by atoms with Crippen LogP contribution < -0.4 is 5.32 Å². The van der Waals surface area contributed by atoms with Crippen LogP contribution in [0.1, 0.15) is 20.8 Å². The highest BCUT2D eigenvalue weighted by atomic mass is 16.8. The van der Waals surface area contributed by atoms with E-state index in [-0.39, 0.29) is 0 Å². The Morgan fingerprint density at radius 1 is 0.500 bits per heavy atom. The summed E-state index contributed by atoms with van der Waals surface area (Å²) in [5.41, 5.74) is 0. The lowest BCUT2D eigenvalue weighted by atomic mass is 9.94. The molecular weight excluding hydrogens is 798 g/mol. The monoisotopic (exact) mass is 851 g/mol. The van der Waals surface area contributed by atoms with Crippen LogP contribution in [-0.2, 0) is 52.2 Å². The molecule has 0 aromatic heterocycles.